The van der Waals surface area contributed by atoms with Gasteiger partial charge < -0.3 is 10.1 Å². The van der Waals surface area contributed by atoms with Crippen molar-refractivity contribution in [1.82, 2.24) is 24.9 Å². The maximum absolute atomic E-state index is 12.4. The van der Waals surface area contributed by atoms with E-state index < -0.39 is 0 Å². The number of nitrogens with zero attached hydrogens (tertiary/aromatic N) is 4. The van der Waals surface area contributed by atoms with E-state index in [1.165, 1.54) is 16.9 Å². The maximum Gasteiger partial charge on any atom is 0.290 e. The zero-order valence-corrected chi connectivity index (χ0v) is 16.2. The van der Waals surface area contributed by atoms with Gasteiger partial charge in [-0.3, -0.25) is 4.79 Å². The Morgan fingerprint density at radius 2 is 2.27 bits per heavy atom. The molecular weight excluding hydrogens is 350 g/mol. The summed E-state index contributed by atoms with van der Waals surface area (Å²) in [7, 11) is 1.65. The summed E-state index contributed by atoms with van der Waals surface area (Å²) < 4.78 is 6.71. The monoisotopic (exact) mass is 373 g/mol. The van der Waals surface area contributed by atoms with Crippen LogP contribution in [0.3, 0.4) is 0 Å². The van der Waals surface area contributed by atoms with Crippen molar-refractivity contribution in [3.8, 4) is 0 Å². The zero-order chi connectivity index (χ0) is 18.3. The van der Waals surface area contributed by atoms with Gasteiger partial charge >= 0.3 is 0 Å². The fraction of sp³-hybridized carbons (Fsp3) is 0.556. The first-order chi connectivity index (χ1) is 12.6. The third-order valence-electron chi connectivity index (χ3n) is 4.90. The standard InChI is InChI=1S/C18H23N5O2S/c1-10-5-6-13-12(9-10)14-16-21-15(17(24)19-7-4-8-25-3)22-23(16)11(2)20-18(14)26-13/h10H,4-9H2,1-3H3,(H,19,24)/t10-/m0/s1. The number of hydrogen-bond acceptors (Lipinski definition) is 6. The Morgan fingerprint density at radius 3 is 3.08 bits per heavy atom. The molecule has 3 aromatic heterocycles. The van der Waals surface area contributed by atoms with Crippen molar-refractivity contribution in [3.05, 3.63) is 22.1 Å². The second-order valence-electron chi connectivity index (χ2n) is 6.96. The molecule has 0 aliphatic heterocycles. The van der Waals surface area contributed by atoms with Crippen molar-refractivity contribution >= 4 is 33.1 Å². The molecule has 0 unspecified atom stereocenters. The van der Waals surface area contributed by atoms with Crippen LogP contribution in [0.1, 0.15) is 46.6 Å². The lowest BCUT2D eigenvalue weighted by Crippen LogP contribution is -2.26. The van der Waals surface area contributed by atoms with Crippen LogP contribution in [-0.2, 0) is 17.6 Å². The Balaban J connectivity index is 1.75. The molecule has 26 heavy (non-hydrogen) atoms. The van der Waals surface area contributed by atoms with Crippen molar-refractivity contribution in [2.24, 2.45) is 5.92 Å². The largest absolute Gasteiger partial charge is 0.385 e. The minimum absolute atomic E-state index is 0.198. The van der Waals surface area contributed by atoms with E-state index in [0.29, 0.717) is 19.1 Å². The van der Waals surface area contributed by atoms with Gasteiger partial charge in [0.15, 0.2) is 5.65 Å². The van der Waals surface area contributed by atoms with E-state index in [9.17, 15) is 4.79 Å². The van der Waals surface area contributed by atoms with Crippen LogP contribution in [0.25, 0.3) is 15.9 Å². The average Bonchev–Trinajstić information content (AvgIpc) is 3.20. The van der Waals surface area contributed by atoms with Gasteiger partial charge in [-0.2, -0.15) is 4.52 Å². The lowest BCUT2D eigenvalue weighted by Gasteiger charge is -2.17. The first kappa shape index (κ1) is 17.4. The zero-order valence-electron chi connectivity index (χ0n) is 15.3. The normalized spacial score (nSPS) is 17.0. The number of thiophene rings is 1. The predicted molar refractivity (Wildman–Crippen MR) is 101 cm³/mol. The molecule has 0 radical (unpaired) electrons. The van der Waals surface area contributed by atoms with Gasteiger partial charge in [-0.1, -0.05) is 6.92 Å². The molecule has 4 rings (SSSR count). The van der Waals surface area contributed by atoms with Crippen LogP contribution in [0.2, 0.25) is 0 Å². The van der Waals surface area contributed by atoms with Gasteiger partial charge in [-0.25, -0.2) is 9.97 Å². The third kappa shape index (κ3) is 2.97. The van der Waals surface area contributed by atoms with E-state index in [1.54, 1.807) is 23.0 Å². The average molecular weight is 373 g/mol. The molecule has 1 amide bonds. The van der Waals surface area contributed by atoms with Crippen molar-refractivity contribution in [2.75, 3.05) is 20.3 Å². The summed E-state index contributed by atoms with van der Waals surface area (Å²) in [5.41, 5.74) is 2.10. The van der Waals surface area contributed by atoms with Gasteiger partial charge in [0.05, 0.1) is 5.39 Å². The van der Waals surface area contributed by atoms with Gasteiger partial charge in [0, 0.05) is 25.1 Å². The number of aryl methyl sites for hydroxylation is 2. The summed E-state index contributed by atoms with van der Waals surface area (Å²) in [6.45, 7) is 5.35. The highest BCUT2D eigenvalue weighted by Gasteiger charge is 2.25. The lowest BCUT2D eigenvalue weighted by atomic mass is 9.89. The number of carbonyl (C=O) groups is 1. The molecule has 1 aliphatic rings. The van der Waals surface area contributed by atoms with Crippen LogP contribution in [0.15, 0.2) is 0 Å². The van der Waals surface area contributed by atoms with Crippen LogP contribution < -0.4 is 5.32 Å². The SMILES string of the molecule is COCCCNC(=O)c1nc2c3c4c(sc3nc(C)n2n1)CC[C@H](C)C4. The van der Waals surface area contributed by atoms with Gasteiger partial charge in [-0.15, -0.1) is 16.4 Å². The minimum Gasteiger partial charge on any atom is -0.385 e. The summed E-state index contributed by atoms with van der Waals surface area (Å²) in [6.07, 6.45) is 4.12. The molecule has 0 saturated carbocycles. The van der Waals surface area contributed by atoms with E-state index >= 15 is 0 Å². The van der Waals surface area contributed by atoms with E-state index in [1.807, 2.05) is 6.92 Å². The summed E-state index contributed by atoms with van der Waals surface area (Å²) in [5.74, 6) is 1.36. The van der Waals surface area contributed by atoms with Gasteiger partial charge in [-0.05, 0) is 44.1 Å². The Kier molecular flexibility index (Phi) is 4.62. The molecular formula is C18H23N5O2S. The van der Waals surface area contributed by atoms with Crippen molar-refractivity contribution < 1.29 is 9.53 Å². The molecule has 7 nitrogen and oxygen atoms in total. The fourth-order valence-electron chi connectivity index (χ4n) is 3.54. The number of aromatic nitrogens is 4. The first-order valence-electron chi connectivity index (χ1n) is 9.03. The molecule has 1 aliphatic carbocycles. The first-order valence-corrected chi connectivity index (χ1v) is 9.85. The summed E-state index contributed by atoms with van der Waals surface area (Å²) in [6, 6.07) is 0. The molecule has 0 aromatic carbocycles. The lowest BCUT2D eigenvalue weighted by molar-refractivity contribution is 0.0938. The maximum atomic E-state index is 12.4. The Morgan fingerprint density at radius 1 is 1.42 bits per heavy atom. The van der Waals surface area contributed by atoms with Crippen molar-refractivity contribution in [3.63, 3.8) is 0 Å². The number of amides is 1. The second-order valence-corrected chi connectivity index (χ2v) is 8.05. The second kappa shape index (κ2) is 6.92. The predicted octanol–water partition coefficient (Wildman–Crippen LogP) is 2.54. The Hall–Kier alpha value is -2.06. The number of ether oxygens (including phenoxy) is 1. The molecule has 3 aromatic rings. The number of methoxy groups -OCH3 is 1. The Bertz CT molecular complexity index is 977. The third-order valence-corrected chi connectivity index (χ3v) is 6.09. The summed E-state index contributed by atoms with van der Waals surface area (Å²) >= 11 is 1.76. The van der Waals surface area contributed by atoms with Crippen LogP contribution >= 0.6 is 11.3 Å². The van der Waals surface area contributed by atoms with Crippen molar-refractivity contribution in [2.45, 2.75) is 39.5 Å². The molecule has 0 saturated heterocycles. The van der Waals surface area contributed by atoms with Gasteiger partial charge in [0.2, 0.25) is 5.82 Å². The summed E-state index contributed by atoms with van der Waals surface area (Å²) in [5, 5.41) is 8.34. The fourth-order valence-corrected chi connectivity index (χ4v) is 4.80. The molecule has 0 spiro atoms. The van der Waals surface area contributed by atoms with Crippen LogP contribution in [0.4, 0.5) is 0 Å². The van der Waals surface area contributed by atoms with E-state index in [0.717, 1.165) is 41.0 Å². The molecule has 3 heterocycles. The highest BCUT2D eigenvalue weighted by Crippen LogP contribution is 2.38. The highest BCUT2D eigenvalue weighted by molar-refractivity contribution is 7.19. The quantitative estimate of drug-likeness (QED) is 0.695. The topological polar surface area (TPSA) is 81.4 Å². The molecule has 1 atom stereocenters. The molecule has 0 bridgehead atoms. The molecule has 8 heteroatoms. The van der Waals surface area contributed by atoms with Gasteiger partial charge in [0.25, 0.3) is 5.91 Å². The molecule has 138 valence electrons. The Labute approximate surface area is 155 Å². The highest BCUT2D eigenvalue weighted by atomic mass is 32.1. The number of rotatable bonds is 5. The number of carbonyl (C=O) groups excluding carboxylic acids is 1. The minimum atomic E-state index is -0.255. The summed E-state index contributed by atoms with van der Waals surface area (Å²) in [4.78, 5) is 24.1. The molecule has 1 N–H and O–H groups in total. The van der Waals surface area contributed by atoms with Crippen LogP contribution in [0.5, 0.6) is 0 Å². The van der Waals surface area contributed by atoms with Crippen LogP contribution in [0, 0.1) is 12.8 Å². The van der Waals surface area contributed by atoms with Gasteiger partial charge in [0.1, 0.15) is 10.7 Å². The van der Waals surface area contributed by atoms with Crippen LogP contribution in [-0.4, -0.2) is 45.8 Å². The van der Waals surface area contributed by atoms with E-state index in [4.69, 9.17) is 9.72 Å². The van der Waals surface area contributed by atoms with E-state index in [2.05, 4.69) is 22.3 Å². The number of fused-ring (bicyclic) bond motifs is 5. The number of nitrogens with one attached hydrogen (secondary N) is 1. The molecule has 0 fully saturated rings. The smallest absolute Gasteiger partial charge is 0.290 e. The number of hydrogen-bond donors (Lipinski definition) is 1. The van der Waals surface area contributed by atoms with Crippen molar-refractivity contribution in [1.29, 1.82) is 0 Å². The van der Waals surface area contributed by atoms with E-state index in [-0.39, 0.29) is 11.7 Å².